The molecule has 0 spiro atoms. The summed E-state index contributed by atoms with van der Waals surface area (Å²) in [5.74, 6) is 0.0446. The standard InChI is InChI=1S/C15H14Cl2N2O5S/c1-23-12-7-11(13(24-2)6-10(12)17)19-15(20)8-3-4-9(16)14(5-8)25(18,21)22/h3-7H,1-2H3,(H,19,20)(H2,18,21,22). The average Bonchev–Trinajstić information content (AvgIpc) is 2.55. The molecule has 0 unspecified atom stereocenters. The van der Waals surface area contributed by atoms with Gasteiger partial charge in [-0.15, -0.1) is 0 Å². The van der Waals surface area contributed by atoms with Crippen LogP contribution in [0.25, 0.3) is 0 Å². The first-order valence-electron chi connectivity index (χ1n) is 6.72. The SMILES string of the molecule is COc1cc(NC(=O)c2ccc(Cl)c(S(N)(=O)=O)c2)c(OC)cc1Cl. The topological polar surface area (TPSA) is 108 Å². The maximum atomic E-state index is 12.4. The molecule has 7 nitrogen and oxygen atoms in total. The molecule has 134 valence electrons. The van der Waals surface area contributed by atoms with E-state index in [4.69, 9.17) is 37.8 Å². The quantitative estimate of drug-likeness (QED) is 0.796. The number of halogens is 2. The smallest absolute Gasteiger partial charge is 0.255 e. The summed E-state index contributed by atoms with van der Waals surface area (Å²) in [6.07, 6.45) is 0. The molecule has 0 aliphatic carbocycles. The van der Waals surface area contributed by atoms with Crippen molar-refractivity contribution >= 4 is 44.8 Å². The van der Waals surface area contributed by atoms with Crippen LogP contribution in [-0.2, 0) is 10.0 Å². The number of nitrogens with two attached hydrogens (primary N) is 1. The first kappa shape index (κ1) is 19.3. The molecule has 10 heteroatoms. The Labute approximate surface area is 154 Å². The van der Waals surface area contributed by atoms with Crippen molar-refractivity contribution in [3.8, 4) is 11.5 Å². The number of anilines is 1. The lowest BCUT2D eigenvalue weighted by Crippen LogP contribution is -2.16. The molecule has 2 rings (SSSR count). The minimum absolute atomic E-state index is 0.0457. The van der Waals surface area contributed by atoms with Gasteiger partial charge in [-0.1, -0.05) is 23.2 Å². The van der Waals surface area contributed by atoms with Gasteiger partial charge in [0, 0.05) is 17.7 Å². The molecule has 0 bridgehead atoms. The van der Waals surface area contributed by atoms with Crippen molar-refractivity contribution < 1.29 is 22.7 Å². The second-order valence-electron chi connectivity index (χ2n) is 4.83. The zero-order valence-electron chi connectivity index (χ0n) is 13.2. The fraction of sp³-hybridized carbons (Fsp3) is 0.133. The van der Waals surface area contributed by atoms with Gasteiger partial charge in [0.15, 0.2) is 0 Å². The van der Waals surface area contributed by atoms with Crippen molar-refractivity contribution in [2.24, 2.45) is 5.14 Å². The molecule has 2 aromatic carbocycles. The largest absolute Gasteiger partial charge is 0.495 e. The minimum atomic E-state index is -4.07. The highest BCUT2D eigenvalue weighted by Gasteiger charge is 2.18. The highest BCUT2D eigenvalue weighted by molar-refractivity contribution is 7.89. The summed E-state index contributed by atoms with van der Waals surface area (Å²) in [5, 5.41) is 7.91. The number of nitrogens with one attached hydrogen (secondary N) is 1. The number of carbonyl (C=O) groups excluding carboxylic acids is 1. The summed E-state index contributed by atoms with van der Waals surface area (Å²) in [6.45, 7) is 0. The van der Waals surface area contributed by atoms with Crippen LogP contribution in [0.1, 0.15) is 10.4 Å². The summed E-state index contributed by atoms with van der Waals surface area (Å²) in [4.78, 5) is 12.1. The number of methoxy groups -OCH3 is 2. The fourth-order valence-corrected chi connectivity index (χ4v) is 3.32. The van der Waals surface area contributed by atoms with E-state index in [0.29, 0.717) is 22.2 Å². The van der Waals surface area contributed by atoms with Gasteiger partial charge < -0.3 is 14.8 Å². The molecule has 3 N–H and O–H groups in total. The molecular weight excluding hydrogens is 391 g/mol. The Balaban J connectivity index is 2.41. The summed E-state index contributed by atoms with van der Waals surface area (Å²) < 4.78 is 33.3. The number of hydrogen-bond acceptors (Lipinski definition) is 5. The van der Waals surface area contributed by atoms with E-state index in [0.717, 1.165) is 6.07 Å². The molecule has 0 saturated heterocycles. The maximum Gasteiger partial charge on any atom is 0.255 e. The van der Waals surface area contributed by atoms with E-state index in [1.165, 1.54) is 38.5 Å². The van der Waals surface area contributed by atoms with Crippen LogP contribution in [0.5, 0.6) is 11.5 Å². The Morgan fingerprint density at radius 2 is 1.68 bits per heavy atom. The minimum Gasteiger partial charge on any atom is -0.495 e. The van der Waals surface area contributed by atoms with E-state index in [2.05, 4.69) is 5.32 Å². The van der Waals surface area contributed by atoms with Crippen molar-refractivity contribution in [3.05, 3.63) is 45.9 Å². The van der Waals surface area contributed by atoms with Gasteiger partial charge in [-0.3, -0.25) is 4.79 Å². The summed E-state index contributed by atoms with van der Waals surface area (Å²) in [7, 11) is -1.23. The second-order valence-corrected chi connectivity index (χ2v) is 7.18. The van der Waals surface area contributed by atoms with Crippen LogP contribution in [-0.4, -0.2) is 28.5 Å². The van der Waals surface area contributed by atoms with E-state index in [1.807, 2.05) is 0 Å². The van der Waals surface area contributed by atoms with Crippen molar-refractivity contribution in [3.63, 3.8) is 0 Å². The van der Waals surface area contributed by atoms with Gasteiger partial charge in [0.1, 0.15) is 16.4 Å². The fourth-order valence-electron chi connectivity index (χ4n) is 2.02. The summed E-state index contributed by atoms with van der Waals surface area (Å²) in [6, 6.07) is 6.69. The molecule has 0 heterocycles. The van der Waals surface area contributed by atoms with Gasteiger partial charge >= 0.3 is 0 Å². The maximum absolute atomic E-state index is 12.4. The average molecular weight is 405 g/mol. The molecule has 0 aromatic heterocycles. The molecule has 0 radical (unpaired) electrons. The van der Waals surface area contributed by atoms with E-state index in [-0.39, 0.29) is 15.5 Å². The predicted molar refractivity (Wildman–Crippen MR) is 95.3 cm³/mol. The number of hydrogen-bond donors (Lipinski definition) is 2. The van der Waals surface area contributed by atoms with Gasteiger partial charge in [-0.25, -0.2) is 13.6 Å². The lowest BCUT2D eigenvalue weighted by atomic mass is 10.2. The molecule has 25 heavy (non-hydrogen) atoms. The zero-order chi connectivity index (χ0) is 18.8. The van der Waals surface area contributed by atoms with Gasteiger partial charge in [0.25, 0.3) is 5.91 Å². The van der Waals surface area contributed by atoms with Crippen molar-refractivity contribution in [2.45, 2.75) is 4.90 Å². The van der Waals surface area contributed by atoms with Crippen LogP contribution in [0.2, 0.25) is 10.0 Å². The predicted octanol–water partition coefficient (Wildman–Crippen LogP) is 2.91. The number of ether oxygens (including phenoxy) is 2. The Kier molecular flexibility index (Phi) is 5.79. The number of sulfonamides is 1. The molecule has 0 saturated carbocycles. The van der Waals surface area contributed by atoms with E-state index in [1.54, 1.807) is 0 Å². The van der Waals surface area contributed by atoms with Gasteiger partial charge in [0.2, 0.25) is 10.0 Å². The second kappa shape index (κ2) is 7.49. The molecular formula is C15H14Cl2N2O5S. The van der Waals surface area contributed by atoms with E-state index >= 15 is 0 Å². The number of carbonyl (C=O) groups is 1. The van der Waals surface area contributed by atoms with Crippen LogP contribution >= 0.6 is 23.2 Å². The third-order valence-corrected chi connectivity index (χ3v) is 4.91. The molecule has 0 fully saturated rings. The Morgan fingerprint density at radius 1 is 1.04 bits per heavy atom. The van der Waals surface area contributed by atoms with E-state index in [9.17, 15) is 13.2 Å². The highest BCUT2D eigenvalue weighted by atomic mass is 35.5. The first-order chi connectivity index (χ1) is 11.7. The lowest BCUT2D eigenvalue weighted by molar-refractivity contribution is 0.102. The number of rotatable bonds is 5. The van der Waals surface area contributed by atoms with Crippen molar-refractivity contribution in [1.29, 1.82) is 0 Å². The Bertz CT molecular complexity index is 932. The summed E-state index contributed by atoms with van der Waals surface area (Å²) in [5.41, 5.74) is 0.338. The van der Waals surface area contributed by atoms with Crippen molar-refractivity contribution in [1.82, 2.24) is 0 Å². The van der Waals surface area contributed by atoms with Gasteiger partial charge in [0.05, 0.1) is 30.0 Å². The van der Waals surface area contributed by atoms with E-state index < -0.39 is 15.9 Å². The first-order valence-corrected chi connectivity index (χ1v) is 9.02. The molecule has 2 aromatic rings. The van der Waals surface area contributed by atoms with Crippen LogP contribution in [0, 0.1) is 0 Å². The monoisotopic (exact) mass is 404 g/mol. The zero-order valence-corrected chi connectivity index (χ0v) is 15.5. The normalized spacial score (nSPS) is 11.1. The van der Waals surface area contributed by atoms with Crippen LogP contribution in [0.3, 0.4) is 0 Å². The third kappa shape index (κ3) is 4.35. The molecule has 1 amide bonds. The number of amides is 1. The number of benzene rings is 2. The van der Waals surface area contributed by atoms with Crippen LogP contribution in [0.4, 0.5) is 5.69 Å². The highest BCUT2D eigenvalue weighted by Crippen LogP contribution is 2.36. The van der Waals surface area contributed by atoms with Crippen LogP contribution in [0.15, 0.2) is 35.2 Å². The molecule has 0 atom stereocenters. The van der Waals surface area contributed by atoms with Crippen LogP contribution < -0.4 is 19.9 Å². The molecule has 0 aliphatic rings. The number of primary sulfonamides is 1. The Hall–Kier alpha value is -2.00. The Morgan fingerprint density at radius 3 is 2.24 bits per heavy atom. The molecule has 0 aliphatic heterocycles. The van der Waals surface area contributed by atoms with Gasteiger partial charge in [-0.05, 0) is 18.2 Å². The van der Waals surface area contributed by atoms with Crippen molar-refractivity contribution in [2.75, 3.05) is 19.5 Å². The van der Waals surface area contributed by atoms with Gasteiger partial charge in [-0.2, -0.15) is 0 Å². The lowest BCUT2D eigenvalue weighted by Gasteiger charge is -2.13. The third-order valence-electron chi connectivity index (χ3n) is 3.22. The summed E-state index contributed by atoms with van der Waals surface area (Å²) >= 11 is 11.8.